The van der Waals surface area contributed by atoms with Gasteiger partial charge in [0.05, 0.1) is 6.10 Å². The summed E-state index contributed by atoms with van der Waals surface area (Å²) in [5.74, 6) is -0.195. The molecule has 1 unspecified atom stereocenters. The number of carboxylic acids is 1. The molecule has 0 amide bonds. The zero-order valence-electron chi connectivity index (χ0n) is 11.9. The Bertz CT molecular complexity index is 484. The van der Waals surface area contributed by atoms with Gasteiger partial charge in [-0.15, -0.1) is 0 Å². The molecule has 1 aliphatic heterocycles. The Morgan fingerprint density at radius 1 is 1.38 bits per heavy atom. The van der Waals surface area contributed by atoms with E-state index in [4.69, 9.17) is 9.84 Å². The number of aliphatic carboxylic acids is 1. The second-order valence-corrected chi connectivity index (χ2v) is 5.19. The lowest BCUT2D eigenvalue weighted by molar-refractivity contribution is -0.131. The Kier molecular flexibility index (Phi) is 5.78. The zero-order chi connectivity index (χ0) is 15.1. The van der Waals surface area contributed by atoms with Gasteiger partial charge in [-0.3, -0.25) is 4.90 Å². The zero-order valence-corrected chi connectivity index (χ0v) is 11.9. The van der Waals surface area contributed by atoms with E-state index in [0.29, 0.717) is 6.61 Å². The predicted octanol–water partition coefficient (Wildman–Crippen LogP) is 1.62. The van der Waals surface area contributed by atoms with Crippen LogP contribution in [0.4, 0.5) is 0 Å². The molecule has 0 bridgehead atoms. The van der Waals surface area contributed by atoms with E-state index in [2.05, 4.69) is 4.90 Å². The molecule has 0 radical (unpaired) electrons. The number of β-amino-alcohol motifs (C(OH)–C–C–N with tert-alkyl or cyclic N) is 1. The highest BCUT2D eigenvalue weighted by molar-refractivity contribution is 5.85. The predicted molar refractivity (Wildman–Crippen MR) is 80.3 cm³/mol. The molecule has 0 spiro atoms. The summed E-state index contributed by atoms with van der Waals surface area (Å²) in [7, 11) is 0. The first-order chi connectivity index (χ1) is 10.1. The number of likely N-dealkylation sites (tertiary alicyclic amines) is 1. The molecule has 1 atom stereocenters. The molecule has 1 aromatic rings. The molecule has 5 nitrogen and oxygen atoms in total. The molecule has 114 valence electrons. The van der Waals surface area contributed by atoms with Crippen LogP contribution in [-0.4, -0.2) is 53.4 Å². The van der Waals surface area contributed by atoms with Crippen molar-refractivity contribution >= 4 is 12.0 Å². The van der Waals surface area contributed by atoms with Crippen LogP contribution in [0.15, 0.2) is 30.3 Å². The standard InChI is InChI=1S/C16H21NO4/c18-14-2-1-9-17(12-14)10-11-21-15-6-3-13(4-7-15)5-8-16(19)20/h3-8,14,18H,1-2,9-12H2,(H,19,20). The Balaban J connectivity index is 1.74. The lowest BCUT2D eigenvalue weighted by Gasteiger charge is -2.29. The molecule has 21 heavy (non-hydrogen) atoms. The van der Waals surface area contributed by atoms with Crippen LogP contribution in [0.2, 0.25) is 0 Å². The molecular weight excluding hydrogens is 270 g/mol. The first-order valence-corrected chi connectivity index (χ1v) is 7.18. The van der Waals surface area contributed by atoms with Crippen LogP contribution >= 0.6 is 0 Å². The van der Waals surface area contributed by atoms with Crippen molar-refractivity contribution in [2.45, 2.75) is 18.9 Å². The van der Waals surface area contributed by atoms with E-state index in [9.17, 15) is 9.90 Å². The van der Waals surface area contributed by atoms with Crippen LogP contribution in [-0.2, 0) is 4.79 Å². The van der Waals surface area contributed by atoms with Gasteiger partial charge in [-0.2, -0.15) is 0 Å². The summed E-state index contributed by atoms with van der Waals surface area (Å²) in [6, 6.07) is 7.29. The second-order valence-electron chi connectivity index (χ2n) is 5.19. The normalized spacial score (nSPS) is 19.8. The minimum absolute atomic E-state index is 0.209. The molecule has 5 heteroatoms. The highest BCUT2D eigenvalue weighted by atomic mass is 16.5. The molecule has 0 aromatic heterocycles. The van der Waals surface area contributed by atoms with E-state index >= 15 is 0 Å². The van der Waals surface area contributed by atoms with E-state index in [1.54, 1.807) is 6.08 Å². The monoisotopic (exact) mass is 291 g/mol. The maximum Gasteiger partial charge on any atom is 0.328 e. The molecule has 1 fully saturated rings. The van der Waals surface area contributed by atoms with Crippen LogP contribution in [0, 0.1) is 0 Å². The molecule has 0 saturated carbocycles. The summed E-state index contributed by atoms with van der Waals surface area (Å²) in [4.78, 5) is 12.6. The molecule has 1 aliphatic rings. The number of hydrogen-bond donors (Lipinski definition) is 2. The Morgan fingerprint density at radius 3 is 2.81 bits per heavy atom. The fraction of sp³-hybridized carbons (Fsp3) is 0.438. The number of aliphatic hydroxyl groups is 1. The SMILES string of the molecule is O=C(O)C=Cc1ccc(OCCN2CCCC(O)C2)cc1. The van der Waals surface area contributed by atoms with Gasteiger partial charge in [0.25, 0.3) is 0 Å². The first-order valence-electron chi connectivity index (χ1n) is 7.18. The first kappa shape index (κ1) is 15.5. The average Bonchev–Trinajstić information content (AvgIpc) is 2.46. The van der Waals surface area contributed by atoms with Gasteiger partial charge < -0.3 is 14.9 Å². The van der Waals surface area contributed by atoms with Crippen molar-refractivity contribution in [1.29, 1.82) is 0 Å². The molecular formula is C16H21NO4. The van der Waals surface area contributed by atoms with Gasteiger partial charge in [0, 0.05) is 19.2 Å². The molecule has 1 saturated heterocycles. The van der Waals surface area contributed by atoms with Crippen LogP contribution in [0.3, 0.4) is 0 Å². The van der Waals surface area contributed by atoms with Crippen LogP contribution < -0.4 is 4.74 Å². The number of rotatable bonds is 6. The summed E-state index contributed by atoms with van der Waals surface area (Å²) in [5, 5.41) is 18.1. The van der Waals surface area contributed by atoms with Crippen LogP contribution in [0.1, 0.15) is 18.4 Å². The summed E-state index contributed by atoms with van der Waals surface area (Å²) in [6.45, 7) is 3.12. The van der Waals surface area contributed by atoms with Gasteiger partial charge in [0.2, 0.25) is 0 Å². The number of ether oxygens (including phenoxy) is 1. The molecule has 1 heterocycles. The van der Waals surface area contributed by atoms with Gasteiger partial charge in [0.15, 0.2) is 0 Å². The van der Waals surface area contributed by atoms with Gasteiger partial charge in [-0.1, -0.05) is 12.1 Å². The lowest BCUT2D eigenvalue weighted by Crippen LogP contribution is -2.40. The fourth-order valence-corrected chi connectivity index (χ4v) is 2.37. The van der Waals surface area contributed by atoms with Crippen LogP contribution in [0.5, 0.6) is 5.75 Å². The summed E-state index contributed by atoms with van der Waals surface area (Å²) < 4.78 is 5.66. The Morgan fingerprint density at radius 2 is 2.14 bits per heavy atom. The topological polar surface area (TPSA) is 70.0 Å². The molecule has 2 N–H and O–H groups in total. The van der Waals surface area contributed by atoms with E-state index in [1.807, 2.05) is 24.3 Å². The minimum atomic E-state index is -0.959. The largest absolute Gasteiger partial charge is 0.492 e. The number of benzene rings is 1. The van der Waals surface area contributed by atoms with E-state index in [0.717, 1.165) is 49.9 Å². The van der Waals surface area contributed by atoms with Gasteiger partial charge in [0.1, 0.15) is 12.4 Å². The third-order valence-electron chi connectivity index (χ3n) is 3.46. The van der Waals surface area contributed by atoms with E-state index < -0.39 is 5.97 Å². The number of carbonyl (C=O) groups is 1. The average molecular weight is 291 g/mol. The minimum Gasteiger partial charge on any atom is -0.492 e. The number of nitrogens with zero attached hydrogens (tertiary/aromatic N) is 1. The Labute approximate surface area is 124 Å². The quantitative estimate of drug-likeness (QED) is 0.779. The van der Waals surface area contributed by atoms with Crippen molar-refractivity contribution in [2.75, 3.05) is 26.2 Å². The molecule has 2 rings (SSSR count). The second kappa shape index (κ2) is 7.81. The van der Waals surface area contributed by atoms with E-state index in [-0.39, 0.29) is 6.10 Å². The number of aliphatic hydroxyl groups excluding tert-OH is 1. The van der Waals surface area contributed by atoms with E-state index in [1.165, 1.54) is 0 Å². The molecule has 1 aromatic carbocycles. The van der Waals surface area contributed by atoms with Crippen molar-refractivity contribution < 1.29 is 19.7 Å². The highest BCUT2D eigenvalue weighted by Crippen LogP contribution is 2.14. The summed E-state index contributed by atoms with van der Waals surface area (Å²) in [5.41, 5.74) is 0.823. The maximum absolute atomic E-state index is 10.4. The van der Waals surface area contributed by atoms with Gasteiger partial charge in [-0.05, 0) is 43.2 Å². The smallest absolute Gasteiger partial charge is 0.328 e. The molecule has 0 aliphatic carbocycles. The van der Waals surface area contributed by atoms with Crippen molar-refractivity contribution in [2.24, 2.45) is 0 Å². The number of piperidine rings is 1. The van der Waals surface area contributed by atoms with Crippen LogP contribution in [0.25, 0.3) is 6.08 Å². The number of hydrogen-bond acceptors (Lipinski definition) is 4. The lowest BCUT2D eigenvalue weighted by atomic mass is 10.1. The highest BCUT2D eigenvalue weighted by Gasteiger charge is 2.16. The third-order valence-corrected chi connectivity index (χ3v) is 3.46. The number of carboxylic acid groups (broad SMARTS) is 1. The Hall–Kier alpha value is -1.85. The van der Waals surface area contributed by atoms with Crippen molar-refractivity contribution in [3.63, 3.8) is 0 Å². The van der Waals surface area contributed by atoms with Crippen molar-refractivity contribution in [1.82, 2.24) is 4.90 Å². The van der Waals surface area contributed by atoms with Gasteiger partial charge in [-0.25, -0.2) is 4.79 Å². The fourth-order valence-electron chi connectivity index (χ4n) is 2.37. The summed E-state index contributed by atoms with van der Waals surface area (Å²) >= 11 is 0. The van der Waals surface area contributed by atoms with Crippen molar-refractivity contribution in [3.05, 3.63) is 35.9 Å². The van der Waals surface area contributed by atoms with Crippen molar-refractivity contribution in [3.8, 4) is 5.75 Å². The summed E-state index contributed by atoms with van der Waals surface area (Å²) in [6.07, 6.45) is 4.37. The van der Waals surface area contributed by atoms with Gasteiger partial charge >= 0.3 is 5.97 Å². The maximum atomic E-state index is 10.4. The third kappa shape index (κ3) is 5.57.